The van der Waals surface area contributed by atoms with Crippen LogP contribution in [-0.2, 0) is 14.3 Å². The Morgan fingerprint density at radius 3 is 2.41 bits per heavy atom. The molecule has 0 radical (unpaired) electrons. The van der Waals surface area contributed by atoms with Crippen molar-refractivity contribution in [2.24, 2.45) is 11.8 Å². The van der Waals surface area contributed by atoms with Crippen LogP contribution in [0.15, 0.2) is 36.4 Å². The molecule has 0 spiro atoms. The van der Waals surface area contributed by atoms with Gasteiger partial charge in [0.1, 0.15) is 5.92 Å². The van der Waals surface area contributed by atoms with Crippen molar-refractivity contribution >= 4 is 17.6 Å². The Morgan fingerprint density at radius 2 is 1.77 bits per heavy atom. The third-order valence-corrected chi connectivity index (χ3v) is 4.33. The van der Waals surface area contributed by atoms with Gasteiger partial charge in [-0.25, -0.2) is 0 Å². The van der Waals surface area contributed by atoms with Gasteiger partial charge in [0.05, 0.1) is 18.1 Å². The van der Waals surface area contributed by atoms with Crippen LogP contribution >= 0.6 is 0 Å². The first-order chi connectivity index (χ1) is 10.5. The molecule has 1 amide bonds. The van der Waals surface area contributed by atoms with E-state index in [4.69, 9.17) is 4.74 Å². The maximum Gasteiger partial charge on any atom is 0.310 e. The van der Waals surface area contributed by atoms with Gasteiger partial charge in [-0.05, 0) is 17.5 Å². The first-order valence-electron chi connectivity index (χ1n) is 7.45. The molecule has 2 bridgehead atoms. The Morgan fingerprint density at radius 1 is 1.14 bits per heavy atom. The van der Waals surface area contributed by atoms with Crippen molar-refractivity contribution in [2.45, 2.75) is 32.0 Å². The Hall–Kier alpha value is -2.14. The lowest BCUT2D eigenvalue weighted by atomic mass is 9.82. The normalized spacial score (nSPS) is 29.0. The maximum absolute atomic E-state index is 12.6. The number of nitrogens with one attached hydrogen (secondary N) is 1. The van der Waals surface area contributed by atoms with Gasteiger partial charge in [-0.2, -0.15) is 0 Å². The van der Waals surface area contributed by atoms with E-state index in [-0.39, 0.29) is 11.8 Å². The molecule has 1 aromatic rings. The molecule has 116 valence electrons. The summed E-state index contributed by atoms with van der Waals surface area (Å²) in [6, 6.07) is 7.58. The minimum Gasteiger partial charge on any atom is -0.481 e. The molecule has 3 rings (SSSR count). The number of rotatable bonds is 4. The third-order valence-electron chi connectivity index (χ3n) is 4.33. The molecule has 2 aliphatic heterocycles. The summed E-state index contributed by atoms with van der Waals surface area (Å²) in [6.07, 6.45) is 2.56. The van der Waals surface area contributed by atoms with Crippen LogP contribution in [0.25, 0.3) is 0 Å². The van der Waals surface area contributed by atoms with Gasteiger partial charge in [0.2, 0.25) is 5.91 Å². The monoisotopic (exact) mass is 301 g/mol. The van der Waals surface area contributed by atoms with Crippen LogP contribution in [0.3, 0.4) is 0 Å². The van der Waals surface area contributed by atoms with Gasteiger partial charge >= 0.3 is 5.97 Å². The second kappa shape index (κ2) is 5.57. The lowest BCUT2D eigenvalue weighted by Gasteiger charge is -2.22. The fourth-order valence-corrected chi connectivity index (χ4v) is 3.25. The quantitative estimate of drug-likeness (QED) is 0.837. The molecule has 5 heteroatoms. The molecule has 1 fully saturated rings. The molecule has 0 saturated carbocycles. The van der Waals surface area contributed by atoms with E-state index in [1.54, 1.807) is 12.2 Å². The summed E-state index contributed by atoms with van der Waals surface area (Å²) in [7, 11) is 0. The highest BCUT2D eigenvalue weighted by molar-refractivity contribution is 5.97. The summed E-state index contributed by atoms with van der Waals surface area (Å²) in [5.74, 6) is -2.52. The number of carboxylic acid groups (broad SMARTS) is 1. The predicted octanol–water partition coefficient (Wildman–Crippen LogP) is 2.40. The number of fused-ring (bicyclic) bond motifs is 2. The van der Waals surface area contributed by atoms with Gasteiger partial charge in [-0.1, -0.05) is 44.2 Å². The van der Waals surface area contributed by atoms with Crippen molar-refractivity contribution in [1.82, 2.24) is 0 Å². The number of para-hydroxylation sites is 1. The van der Waals surface area contributed by atoms with Crippen LogP contribution in [-0.4, -0.2) is 29.2 Å². The second-order valence-electron chi connectivity index (χ2n) is 6.07. The number of amides is 1. The summed E-state index contributed by atoms with van der Waals surface area (Å²) >= 11 is 0. The van der Waals surface area contributed by atoms with Crippen molar-refractivity contribution in [1.29, 1.82) is 0 Å². The average molecular weight is 301 g/mol. The van der Waals surface area contributed by atoms with Gasteiger partial charge in [-0.15, -0.1) is 0 Å². The molecule has 0 aromatic heterocycles. The highest BCUT2D eigenvalue weighted by atomic mass is 16.5. The Balaban J connectivity index is 1.83. The van der Waals surface area contributed by atoms with Crippen LogP contribution in [0.4, 0.5) is 5.69 Å². The van der Waals surface area contributed by atoms with Crippen molar-refractivity contribution in [2.75, 3.05) is 5.32 Å². The van der Waals surface area contributed by atoms with Gasteiger partial charge in [-0.3, -0.25) is 9.59 Å². The molecular weight excluding hydrogens is 282 g/mol. The molecule has 0 aliphatic carbocycles. The maximum atomic E-state index is 12.6. The summed E-state index contributed by atoms with van der Waals surface area (Å²) in [6.45, 7) is 4.10. The fourth-order valence-electron chi connectivity index (χ4n) is 3.25. The highest BCUT2D eigenvalue weighted by Gasteiger charge is 2.53. The smallest absolute Gasteiger partial charge is 0.310 e. The predicted molar refractivity (Wildman–Crippen MR) is 81.6 cm³/mol. The zero-order chi connectivity index (χ0) is 15.9. The summed E-state index contributed by atoms with van der Waals surface area (Å²) < 4.78 is 5.54. The zero-order valence-electron chi connectivity index (χ0n) is 12.5. The zero-order valence-corrected chi connectivity index (χ0v) is 12.5. The van der Waals surface area contributed by atoms with Crippen LogP contribution in [0.1, 0.15) is 25.3 Å². The molecular formula is C17H19NO4. The van der Waals surface area contributed by atoms with Crippen LogP contribution < -0.4 is 5.32 Å². The number of aliphatic carboxylic acids is 1. The van der Waals surface area contributed by atoms with Gasteiger partial charge in [0.25, 0.3) is 0 Å². The van der Waals surface area contributed by atoms with E-state index >= 15 is 0 Å². The standard InChI is InChI=1S/C17H19NO4/c1-9(2)10-5-3-4-6-11(10)18-16(19)14-12-7-8-13(22-12)15(14)17(20)21/h3-9,12-15H,1-2H3,(H,18,19)(H,20,21)/t12-,13+,14+,15-/m0/s1. The Labute approximate surface area is 129 Å². The second-order valence-corrected chi connectivity index (χ2v) is 6.07. The molecule has 1 saturated heterocycles. The molecule has 2 heterocycles. The summed E-state index contributed by atoms with van der Waals surface area (Å²) in [5, 5.41) is 12.3. The number of carbonyl (C=O) groups excluding carboxylic acids is 1. The number of ether oxygens (including phenoxy) is 1. The van der Waals surface area contributed by atoms with Crippen LogP contribution in [0.5, 0.6) is 0 Å². The van der Waals surface area contributed by atoms with Gasteiger partial charge < -0.3 is 15.2 Å². The molecule has 5 nitrogen and oxygen atoms in total. The van der Waals surface area contributed by atoms with Gasteiger partial charge in [0.15, 0.2) is 0 Å². The molecule has 2 aliphatic rings. The third kappa shape index (κ3) is 2.41. The molecule has 0 unspecified atom stereocenters. The number of hydrogen-bond acceptors (Lipinski definition) is 3. The van der Waals surface area contributed by atoms with E-state index in [2.05, 4.69) is 19.2 Å². The van der Waals surface area contributed by atoms with E-state index in [9.17, 15) is 14.7 Å². The first-order valence-corrected chi connectivity index (χ1v) is 7.45. The number of anilines is 1. The van der Waals surface area contributed by atoms with Crippen molar-refractivity contribution < 1.29 is 19.4 Å². The van der Waals surface area contributed by atoms with Crippen molar-refractivity contribution in [3.05, 3.63) is 42.0 Å². The summed E-state index contributed by atoms with van der Waals surface area (Å²) in [5.41, 5.74) is 1.76. The van der Waals surface area contributed by atoms with Gasteiger partial charge in [0, 0.05) is 5.69 Å². The molecule has 22 heavy (non-hydrogen) atoms. The number of hydrogen-bond donors (Lipinski definition) is 2. The van der Waals surface area contributed by atoms with Crippen LogP contribution in [0, 0.1) is 11.8 Å². The number of carboxylic acids is 1. The first kappa shape index (κ1) is 14.8. The molecule has 1 aromatic carbocycles. The number of benzene rings is 1. The highest BCUT2D eigenvalue weighted by Crippen LogP contribution is 2.40. The van der Waals surface area contributed by atoms with Crippen LogP contribution in [0.2, 0.25) is 0 Å². The molecule has 2 N–H and O–H groups in total. The summed E-state index contributed by atoms with van der Waals surface area (Å²) in [4.78, 5) is 24.0. The largest absolute Gasteiger partial charge is 0.481 e. The lowest BCUT2D eigenvalue weighted by Crippen LogP contribution is -2.39. The topological polar surface area (TPSA) is 75.6 Å². The minimum atomic E-state index is -0.992. The van der Waals surface area contributed by atoms with E-state index in [1.807, 2.05) is 24.3 Å². The van der Waals surface area contributed by atoms with E-state index in [1.165, 1.54) is 0 Å². The Bertz CT molecular complexity index is 637. The van der Waals surface area contributed by atoms with Crippen molar-refractivity contribution in [3.8, 4) is 0 Å². The van der Waals surface area contributed by atoms with E-state index in [0.29, 0.717) is 0 Å². The molecule has 4 atom stereocenters. The Kier molecular flexibility index (Phi) is 3.74. The lowest BCUT2D eigenvalue weighted by molar-refractivity contribution is -0.145. The van der Waals surface area contributed by atoms with E-state index < -0.39 is 30.0 Å². The SMILES string of the molecule is CC(C)c1ccccc1NC(=O)[C@H]1[C@@H](C(=O)O)[C@H]2C=C[C@@H]1O2. The minimum absolute atomic E-state index is 0.267. The van der Waals surface area contributed by atoms with Crippen molar-refractivity contribution in [3.63, 3.8) is 0 Å². The van der Waals surface area contributed by atoms with E-state index in [0.717, 1.165) is 11.3 Å². The fraction of sp³-hybridized carbons (Fsp3) is 0.412. The number of carbonyl (C=O) groups is 2. The average Bonchev–Trinajstić information content (AvgIpc) is 3.08.